The van der Waals surface area contributed by atoms with E-state index in [1.807, 2.05) is 72.8 Å². The lowest BCUT2D eigenvalue weighted by Crippen LogP contribution is -2.41. The summed E-state index contributed by atoms with van der Waals surface area (Å²) in [5.74, 6) is 3.00. The van der Waals surface area contributed by atoms with Gasteiger partial charge in [0.05, 0.1) is 56.8 Å². The summed E-state index contributed by atoms with van der Waals surface area (Å²) in [6, 6.07) is 110. The Morgan fingerprint density at radius 2 is 0.415 bits per heavy atom. The van der Waals surface area contributed by atoms with E-state index in [9.17, 15) is 0 Å². The Kier molecular flexibility index (Phi) is 18.5. The van der Waals surface area contributed by atoms with E-state index >= 15 is 0 Å². The van der Waals surface area contributed by atoms with E-state index in [0.29, 0.717) is 0 Å². The molecule has 16 aromatic rings. The molecule has 5 heterocycles. The summed E-state index contributed by atoms with van der Waals surface area (Å²) in [7, 11) is -0.388. The second kappa shape index (κ2) is 29.0. The molecule has 21 rings (SSSR count). The number of benzene rings is 12. The smallest absolute Gasteiger partial charge is 0.399 e. The highest BCUT2D eigenvalue weighted by molar-refractivity contribution is 9.10. The van der Waals surface area contributed by atoms with Crippen molar-refractivity contribution >= 4 is 28.5 Å². The first-order chi connectivity index (χ1) is 56.9. The van der Waals surface area contributed by atoms with Crippen molar-refractivity contribution in [2.75, 3.05) is 0 Å². The van der Waals surface area contributed by atoms with Crippen molar-refractivity contribution < 1.29 is 9.31 Å². The van der Waals surface area contributed by atoms with Gasteiger partial charge < -0.3 is 9.31 Å². The van der Waals surface area contributed by atoms with Crippen LogP contribution in [0.25, 0.3) is 147 Å². The van der Waals surface area contributed by atoms with E-state index in [4.69, 9.17) is 49.2 Å². The quantitative estimate of drug-likeness (QED) is 0.122. The number of aromatic nitrogens is 8. The fourth-order valence-corrected chi connectivity index (χ4v) is 18.5. The molecule has 0 amide bonds. The monoisotopic (exact) mass is 1590 g/mol. The predicted octanol–water partition coefficient (Wildman–Crippen LogP) is 25.5. The second-order valence-corrected chi connectivity index (χ2v) is 35.4. The topological polar surface area (TPSA) is 122 Å². The van der Waals surface area contributed by atoms with Gasteiger partial charge in [0.2, 0.25) is 0 Å². The number of rotatable bonds is 10. The fraction of sp³-hybridized carbons (Fsp3) is 0.170. The molecule has 12 aromatic carbocycles. The van der Waals surface area contributed by atoms with Crippen molar-refractivity contribution in [2.24, 2.45) is 0 Å². The van der Waals surface area contributed by atoms with Crippen LogP contribution in [0.15, 0.2) is 320 Å². The van der Waals surface area contributed by atoms with Gasteiger partial charge in [-0.15, -0.1) is 0 Å². The molecule has 5 aliphatic rings. The van der Waals surface area contributed by atoms with Crippen molar-refractivity contribution in [3.63, 3.8) is 0 Å². The molecule has 12 heteroatoms. The molecule has 1 saturated heterocycles. The van der Waals surface area contributed by atoms with Crippen LogP contribution >= 0.6 is 15.9 Å². The predicted molar refractivity (Wildman–Crippen MR) is 484 cm³/mol. The Bertz CT molecular complexity index is 6390. The molecule has 1 fully saturated rings. The third kappa shape index (κ3) is 12.9. The summed E-state index contributed by atoms with van der Waals surface area (Å²) in [4.78, 5) is 41.3. The van der Waals surface area contributed by atoms with E-state index in [1.165, 1.54) is 66.8 Å². The van der Waals surface area contributed by atoms with Crippen LogP contribution in [0.2, 0.25) is 0 Å². The van der Waals surface area contributed by atoms with E-state index in [2.05, 4.69) is 342 Å². The molecular formula is C106H88BBrN8O2. The number of hydrogen-bond donors (Lipinski definition) is 0. The number of hydrogen-bond acceptors (Lipinski definition) is 10. The molecule has 0 atom stereocenters. The van der Waals surface area contributed by atoms with E-state index in [1.54, 1.807) is 0 Å². The highest BCUT2D eigenvalue weighted by Crippen LogP contribution is 2.56. The van der Waals surface area contributed by atoms with Gasteiger partial charge in [-0.05, 0) is 78.7 Å². The van der Waals surface area contributed by atoms with Crippen LogP contribution in [0, 0.1) is 0 Å². The van der Waals surface area contributed by atoms with E-state index in [0.717, 1.165) is 134 Å². The summed E-state index contributed by atoms with van der Waals surface area (Å²) in [6.07, 6.45) is 0. The van der Waals surface area contributed by atoms with Crippen molar-refractivity contribution in [3.05, 3.63) is 364 Å². The Morgan fingerprint density at radius 3 is 0.669 bits per heavy atom. The van der Waals surface area contributed by atoms with Gasteiger partial charge in [0.25, 0.3) is 0 Å². The molecule has 10 nitrogen and oxygen atoms in total. The van der Waals surface area contributed by atoms with Crippen LogP contribution in [0.3, 0.4) is 0 Å². The third-order valence-electron chi connectivity index (χ3n) is 25.2. The zero-order chi connectivity index (χ0) is 81.2. The van der Waals surface area contributed by atoms with Crippen molar-refractivity contribution in [1.29, 1.82) is 0 Å². The van der Waals surface area contributed by atoms with Crippen LogP contribution in [0.5, 0.6) is 0 Å². The van der Waals surface area contributed by atoms with E-state index < -0.39 is 0 Å². The van der Waals surface area contributed by atoms with Crippen molar-refractivity contribution in [1.82, 2.24) is 39.9 Å². The number of halogens is 1. The Morgan fingerprint density at radius 1 is 0.212 bits per heavy atom. The van der Waals surface area contributed by atoms with Crippen LogP contribution in [-0.4, -0.2) is 58.2 Å². The highest BCUT2D eigenvalue weighted by Gasteiger charge is 2.52. The molecule has 0 saturated carbocycles. The van der Waals surface area contributed by atoms with E-state index in [-0.39, 0.29) is 40.0 Å². The molecule has 4 aromatic heterocycles. The highest BCUT2D eigenvalue weighted by atomic mass is 79.9. The number of nitrogens with zero attached hydrogens (tertiary/aromatic N) is 8. The molecule has 4 aliphatic carbocycles. The van der Waals surface area contributed by atoms with Crippen molar-refractivity contribution in [2.45, 2.75) is 116 Å². The first kappa shape index (κ1) is 75.5. The fourth-order valence-electron chi connectivity index (χ4n) is 18.2. The van der Waals surface area contributed by atoms with Gasteiger partial charge in [-0.1, -0.05) is 375 Å². The standard InChI is InChI=1S/C50H38N4.C31H31BN2O2.C25H19BrN2/c1-49(2)39-21-13-11-19-37(39)45-41(49)43(51-47(53-45)35-15-7-5-8-16-35)33-27-23-31(24-28-33)32-25-29-34(30-26-32)44-42-46(38-20-12-14-22-40(38)50(42,3)4)54-48(52-44)36-17-9-6-10-18-36;1-29(2)24-15-11-10-14-23(24)27-25(29)26(33-28(34-27)21-12-8-7-9-13-21)20-16-18-22(19-17-20)32-35-30(3,4)31(5,6)36-32;1-25(2)20-11-7-6-10-19(20)23-21(25)22(16-12-14-18(26)15-13-16)27-24(28-23)17-8-4-3-5-9-17/h5-30H,1-4H3;7-19H,1-6H3;3-15H,1-2H3. The molecule has 0 radical (unpaired) electrons. The largest absolute Gasteiger partial charge is 0.494 e. The van der Waals surface area contributed by atoms with Crippen LogP contribution in [0.1, 0.15) is 128 Å². The third-order valence-corrected chi connectivity index (χ3v) is 25.7. The molecule has 118 heavy (non-hydrogen) atoms. The van der Waals surface area contributed by atoms with Crippen LogP contribution < -0.4 is 5.46 Å². The Hall–Kier alpha value is -12.6. The van der Waals surface area contributed by atoms with Crippen LogP contribution in [-0.2, 0) is 31.0 Å². The first-order valence-electron chi connectivity index (χ1n) is 40.7. The minimum absolute atomic E-state index is 0.149. The van der Waals surface area contributed by atoms with Gasteiger partial charge >= 0.3 is 7.12 Å². The van der Waals surface area contributed by atoms with Gasteiger partial charge in [0.15, 0.2) is 23.3 Å². The average Bonchev–Trinajstić information content (AvgIpc) is 1.58. The molecule has 0 N–H and O–H groups in total. The molecule has 574 valence electrons. The van der Waals surface area contributed by atoms with Gasteiger partial charge in [0, 0.05) is 115 Å². The summed E-state index contributed by atoms with van der Waals surface area (Å²) in [6.45, 7) is 26.6. The number of fused-ring (bicyclic) bond motifs is 12. The lowest BCUT2D eigenvalue weighted by molar-refractivity contribution is 0.00578. The van der Waals surface area contributed by atoms with Gasteiger partial charge in [0.1, 0.15) is 0 Å². The summed E-state index contributed by atoms with van der Waals surface area (Å²) >= 11 is 3.54. The zero-order valence-corrected chi connectivity index (χ0v) is 70.0. The Labute approximate surface area is 700 Å². The zero-order valence-electron chi connectivity index (χ0n) is 68.4. The average molecular weight is 1600 g/mol. The molecule has 1 aliphatic heterocycles. The molecule has 0 spiro atoms. The maximum absolute atomic E-state index is 6.27. The lowest BCUT2D eigenvalue weighted by atomic mass is 9.77. The van der Waals surface area contributed by atoms with Crippen LogP contribution in [0.4, 0.5) is 0 Å². The normalized spacial score (nSPS) is 15.5. The maximum atomic E-state index is 6.27. The summed E-state index contributed by atoms with van der Waals surface area (Å²) < 4.78 is 13.6. The summed E-state index contributed by atoms with van der Waals surface area (Å²) in [5, 5.41) is 0. The summed E-state index contributed by atoms with van der Waals surface area (Å²) in [5.41, 5.74) is 32.9. The van der Waals surface area contributed by atoms with Crippen molar-refractivity contribution in [3.8, 4) is 147 Å². The maximum Gasteiger partial charge on any atom is 0.494 e. The minimum atomic E-state index is -0.388. The molecule has 0 bridgehead atoms. The Balaban J connectivity index is 0.000000125. The van der Waals surface area contributed by atoms with Gasteiger partial charge in [-0.3, -0.25) is 0 Å². The van der Waals surface area contributed by atoms with Gasteiger partial charge in [-0.25, -0.2) is 39.9 Å². The lowest BCUT2D eigenvalue weighted by Gasteiger charge is -2.32. The SMILES string of the molecule is CC1(C)c2ccccc2-c2nc(-c3ccccc3)nc(-c3ccc(-c4ccc(-c5nc(-c6ccccc6)nc6c5C(C)(C)c5ccccc5-6)cc4)cc3)c21.CC1(C)c2ccccc2-c2nc(-c3ccccc3)nc(-c3ccc(B4OC(C)(C)C(C)(C)O4)cc3)c21.CC1(C)c2ccccc2-c2nc(-c3ccccc3)nc(-c3ccc(Br)cc3)c21. The van der Waals surface area contributed by atoms with Gasteiger partial charge in [-0.2, -0.15) is 0 Å². The molecular weight excluding hydrogens is 1510 g/mol. The first-order valence-corrected chi connectivity index (χ1v) is 41.5. The minimum Gasteiger partial charge on any atom is -0.399 e. The second-order valence-electron chi connectivity index (χ2n) is 34.5. The molecule has 0 unspecified atom stereocenters.